The molecule has 1 fully saturated rings. The summed E-state index contributed by atoms with van der Waals surface area (Å²) in [6, 6.07) is 0.608. The number of hydrogen-bond acceptors (Lipinski definition) is 3. The first-order chi connectivity index (χ1) is 8.91. The number of rotatable bonds is 6. The van der Waals surface area contributed by atoms with Gasteiger partial charge in [-0.15, -0.1) is 0 Å². The van der Waals surface area contributed by atoms with E-state index in [2.05, 4.69) is 43.2 Å². The first-order valence-electron chi connectivity index (χ1n) is 7.62. The molecule has 0 aromatic heterocycles. The SMILES string of the molecule is CCC1CN(CC(=O)NC(C)(C)CC)CCC1NC. The van der Waals surface area contributed by atoms with E-state index in [0.717, 1.165) is 25.9 Å². The average molecular weight is 269 g/mol. The summed E-state index contributed by atoms with van der Waals surface area (Å²) >= 11 is 0. The Morgan fingerprint density at radius 3 is 2.58 bits per heavy atom. The molecule has 112 valence electrons. The topological polar surface area (TPSA) is 44.4 Å². The second kappa shape index (κ2) is 7.25. The predicted molar refractivity (Wildman–Crippen MR) is 80.2 cm³/mol. The lowest BCUT2D eigenvalue weighted by atomic mass is 9.90. The molecule has 1 saturated heterocycles. The number of nitrogens with one attached hydrogen (secondary N) is 2. The van der Waals surface area contributed by atoms with Gasteiger partial charge in [-0.25, -0.2) is 0 Å². The van der Waals surface area contributed by atoms with Crippen molar-refractivity contribution >= 4 is 5.91 Å². The molecule has 2 unspecified atom stereocenters. The third-order valence-electron chi connectivity index (χ3n) is 4.44. The van der Waals surface area contributed by atoms with Crippen LogP contribution in [0.5, 0.6) is 0 Å². The van der Waals surface area contributed by atoms with E-state index in [0.29, 0.717) is 18.5 Å². The average Bonchev–Trinajstić information content (AvgIpc) is 2.37. The van der Waals surface area contributed by atoms with E-state index < -0.39 is 0 Å². The van der Waals surface area contributed by atoms with Gasteiger partial charge in [-0.05, 0) is 39.7 Å². The molecule has 4 heteroatoms. The zero-order valence-electron chi connectivity index (χ0n) is 13.3. The lowest BCUT2D eigenvalue weighted by Gasteiger charge is -2.38. The minimum atomic E-state index is -0.0927. The smallest absolute Gasteiger partial charge is 0.234 e. The molecule has 0 spiro atoms. The van der Waals surface area contributed by atoms with Crippen LogP contribution < -0.4 is 10.6 Å². The molecule has 0 aliphatic carbocycles. The lowest BCUT2D eigenvalue weighted by Crippen LogP contribution is -2.52. The highest BCUT2D eigenvalue weighted by Gasteiger charge is 2.28. The van der Waals surface area contributed by atoms with E-state index in [9.17, 15) is 4.79 Å². The molecular weight excluding hydrogens is 238 g/mol. The van der Waals surface area contributed by atoms with Gasteiger partial charge in [-0.1, -0.05) is 20.3 Å². The molecule has 1 aliphatic heterocycles. The third kappa shape index (κ3) is 5.11. The highest BCUT2D eigenvalue weighted by Crippen LogP contribution is 2.19. The Labute approximate surface area is 118 Å². The van der Waals surface area contributed by atoms with Crippen molar-refractivity contribution in [1.29, 1.82) is 0 Å². The van der Waals surface area contributed by atoms with Crippen molar-refractivity contribution < 1.29 is 4.79 Å². The van der Waals surface area contributed by atoms with Gasteiger partial charge in [0.1, 0.15) is 0 Å². The number of amides is 1. The van der Waals surface area contributed by atoms with E-state index >= 15 is 0 Å². The summed E-state index contributed by atoms with van der Waals surface area (Å²) in [5.41, 5.74) is -0.0927. The molecule has 4 nitrogen and oxygen atoms in total. The summed E-state index contributed by atoms with van der Waals surface area (Å²) < 4.78 is 0. The summed E-state index contributed by atoms with van der Waals surface area (Å²) in [5.74, 6) is 0.815. The third-order valence-corrected chi connectivity index (χ3v) is 4.44. The molecule has 0 radical (unpaired) electrons. The van der Waals surface area contributed by atoms with E-state index in [-0.39, 0.29) is 11.4 Å². The van der Waals surface area contributed by atoms with Crippen LogP contribution in [0.2, 0.25) is 0 Å². The summed E-state index contributed by atoms with van der Waals surface area (Å²) in [6.45, 7) is 11.1. The normalized spacial score (nSPS) is 25.3. The van der Waals surface area contributed by atoms with Crippen LogP contribution in [0.1, 0.15) is 47.0 Å². The lowest BCUT2D eigenvalue weighted by molar-refractivity contribution is -0.124. The highest BCUT2D eigenvalue weighted by atomic mass is 16.2. The molecule has 0 aromatic rings. The van der Waals surface area contributed by atoms with Gasteiger partial charge in [0.15, 0.2) is 0 Å². The number of carbonyl (C=O) groups excluding carboxylic acids is 1. The fourth-order valence-corrected chi connectivity index (χ4v) is 2.75. The molecular formula is C15H31N3O. The Bertz CT molecular complexity index is 291. The fourth-order valence-electron chi connectivity index (χ4n) is 2.75. The van der Waals surface area contributed by atoms with Gasteiger partial charge in [-0.2, -0.15) is 0 Å². The van der Waals surface area contributed by atoms with Gasteiger partial charge in [0, 0.05) is 24.7 Å². The predicted octanol–water partition coefficient (Wildman–Crippen LogP) is 1.61. The van der Waals surface area contributed by atoms with Crippen LogP contribution in [0, 0.1) is 5.92 Å². The maximum absolute atomic E-state index is 12.1. The summed E-state index contributed by atoms with van der Waals surface area (Å²) in [4.78, 5) is 14.4. The summed E-state index contributed by atoms with van der Waals surface area (Å²) in [6.07, 6.45) is 3.27. The summed E-state index contributed by atoms with van der Waals surface area (Å²) in [5, 5.41) is 6.51. The second-order valence-corrected chi connectivity index (χ2v) is 6.37. The van der Waals surface area contributed by atoms with Crippen molar-refractivity contribution in [3.63, 3.8) is 0 Å². The molecule has 1 heterocycles. The zero-order chi connectivity index (χ0) is 14.5. The van der Waals surface area contributed by atoms with E-state index in [4.69, 9.17) is 0 Å². The Morgan fingerprint density at radius 1 is 1.37 bits per heavy atom. The Balaban J connectivity index is 2.44. The minimum absolute atomic E-state index is 0.0927. The number of nitrogens with zero attached hydrogens (tertiary/aromatic N) is 1. The van der Waals surface area contributed by atoms with Crippen LogP contribution in [0.25, 0.3) is 0 Å². The van der Waals surface area contributed by atoms with Crippen molar-refractivity contribution in [3.05, 3.63) is 0 Å². The van der Waals surface area contributed by atoms with Gasteiger partial charge in [0.2, 0.25) is 5.91 Å². The number of likely N-dealkylation sites (tertiary alicyclic amines) is 1. The molecule has 1 rings (SSSR count). The first kappa shape index (κ1) is 16.4. The van der Waals surface area contributed by atoms with Crippen LogP contribution in [0.3, 0.4) is 0 Å². The highest BCUT2D eigenvalue weighted by molar-refractivity contribution is 5.78. The van der Waals surface area contributed by atoms with E-state index in [1.807, 2.05) is 7.05 Å². The maximum atomic E-state index is 12.1. The number of carbonyl (C=O) groups is 1. The van der Waals surface area contributed by atoms with E-state index in [1.54, 1.807) is 0 Å². The fraction of sp³-hybridized carbons (Fsp3) is 0.933. The first-order valence-corrected chi connectivity index (χ1v) is 7.62. The minimum Gasteiger partial charge on any atom is -0.350 e. The van der Waals surface area contributed by atoms with Crippen molar-refractivity contribution in [2.24, 2.45) is 5.92 Å². The van der Waals surface area contributed by atoms with Gasteiger partial charge < -0.3 is 10.6 Å². The molecule has 0 aromatic carbocycles. The Morgan fingerprint density at radius 2 is 2.05 bits per heavy atom. The molecule has 19 heavy (non-hydrogen) atoms. The number of piperidine rings is 1. The van der Waals surface area contributed by atoms with Crippen molar-refractivity contribution in [3.8, 4) is 0 Å². The monoisotopic (exact) mass is 269 g/mol. The summed E-state index contributed by atoms with van der Waals surface area (Å²) in [7, 11) is 2.04. The zero-order valence-corrected chi connectivity index (χ0v) is 13.3. The van der Waals surface area contributed by atoms with Gasteiger partial charge in [0.05, 0.1) is 6.54 Å². The molecule has 1 aliphatic rings. The second-order valence-electron chi connectivity index (χ2n) is 6.37. The van der Waals surface area contributed by atoms with E-state index in [1.165, 1.54) is 6.42 Å². The molecule has 2 N–H and O–H groups in total. The van der Waals surface area contributed by atoms with Crippen LogP contribution in [-0.2, 0) is 4.79 Å². The molecule has 0 saturated carbocycles. The standard InChI is InChI=1S/C15H31N3O/c1-6-12-10-18(9-8-13(12)16-5)11-14(19)17-15(3,4)7-2/h12-13,16H,6-11H2,1-5H3,(H,17,19). The van der Waals surface area contributed by atoms with Crippen LogP contribution in [0.15, 0.2) is 0 Å². The quantitative estimate of drug-likeness (QED) is 0.770. The van der Waals surface area contributed by atoms with Crippen molar-refractivity contribution in [2.45, 2.75) is 58.5 Å². The molecule has 0 bridgehead atoms. The number of hydrogen-bond donors (Lipinski definition) is 2. The van der Waals surface area contributed by atoms with Crippen molar-refractivity contribution in [1.82, 2.24) is 15.5 Å². The Kier molecular flexibility index (Phi) is 6.27. The molecule has 1 amide bonds. The van der Waals surface area contributed by atoms with Crippen LogP contribution in [0.4, 0.5) is 0 Å². The Hall–Kier alpha value is -0.610. The van der Waals surface area contributed by atoms with Gasteiger partial charge in [0.25, 0.3) is 0 Å². The van der Waals surface area contributed by atoms with Crippen LogP contribution in [-0.4, -0.2) is 49.1 Å². The molecule has 2 atom stereocenters. The van der Waals surface area contributed by atoms with Gasteiger partial charge in [-0.3, -0.25) is 9.69 Å². The van der Waals surface area contributed by atoms with Gasteiger partial charge >= 0.3 is 0 Å². The largest absolute Gasteiger partial charge is 0.350 e. The van der Waals surface area contributed by atoms with Crippen molar-refractivity contribution in [2.75, 3.05) is 26.7 Å². The maximum Gasteiger partial charge on any atom is 0.234 e. The van der Waals surface area contributed by atoms with Crippen LogP contribution >= 0.6 is 0 Å².